The van der Waals surface area contributed by atoms with Gasteiger partial charge in [0.25, 0.3) is 12.3 Å². The van der Waals surface area contributed by atoms with E-state index in [1.54, 1.807) is 42.5 Å². The van der Waals surface area contributed by atoms with Crippen molar-refractivity contribution in [2.75, 3.05) is 0 Å². The van der Waals surface area contributed by atoms with Gasteiger partial charge in [-0.1, -0.05) is 42.5 Å². The van der Waals surface area contributed by atoms with Crippen LogP contribution in [-0.4, -0.2) is 26.6 Å². The van der Waals surface area contributed by atoms with Crippen molar-refractivity contribution in [3.8, 4) is 22.4 Å². The Hall–Kier alpha value is -5.39. The van der Waals surface area contributed by atoms with Crippen molar-refractivity contribution in [2.45, 2.75) is 25.4 Å². The third-order valence-electron chi connectivity index (χ3n) is 6.81. The van der Waals surface area contributed by atoms with E-state index < -0.39 is 54.0 Å². The second-order valence-electron chi connectivity index (χ2n) is 9.88. The molecule has 1 unspecified atom stereocenters. The number of primary amides is 1. The highest BCUT2D eigenvalue weighted by molar-refractivity contribution is 5.94. The molecule has 2 aromatic heterocycles. The molecule has 0 aliphatic rings. The van der Waals surface area contributed by atoms with E-state index in [4.69, 9.17) is 5.73 Å². The Morgan fingerprint density at radius 1 is 0.864 bits per heavy atom. The van der Waals surface area contributed by atoms with E-state index in [9.17, 15) is 31.5 Å². The Balaban J connectivity index is 1.52. The summed E-state index contributed by atoms with van der Waals surface area (Å²) >= 11 is 0. The molecule has 0 radical (unpaired) electrons. The van der Waals surface area contributed by atoms with Gasteiger partial charge < -0.3 is 11.1 Å². The van der Waals surface area contributed by atoms with Crippen molar-refractivity contribution in [3.63, 3.8) is 0 Å². The minimum absolute atomic E-state index is 0.162. The fraction of sp³-hybridized carbons (Fsp3) is 0.125. The second kappa shape index (κ2) is 12.9. The van der Waals surface area contributed by atoms with Crippen LogP contribution in [0.4, 0.5) is 22.0 Å². The van der Waals surface area contributed by atoms with Crippen molar-refractivity contribution in [1.82, 2.24) is 20.1 Å². The zero-order chi connectivity index (χ0) is 31.4. The lowest BCUT2D eigenvalue weighted by molar-refractivity contribution is -0.122. The lowest BCUT2D eigenvalue weighted by Gasteiger charge is -2.22. The molecule has 1 atom stereocenters. The lowest BCUT2D eigenvalue weighted by atomic mass is 9.94. The van der Waals surface area contributed by atoms with Crippen LogP contribution in [0.2, 0.25) is 0 Å². The predicted molar refractivity (Wildman–Crippen MR) is 152 cm³/mol. The molecule has 3 aromatic carbocycles. The van der Waals surface area contributed by atoms with Gasteiger partial charge in [0.05, 0.1) is 23.0 Å². The van der Waals surface area contributed by atoms with Crippen molar-refractivity contribution in [3.05, 3.63) is 131 Å². The molecule has 5 rings (SSSR count). The van der Waals surface area contributed by atoms with Crippen LogP contribution in [0.25, 0.3) is 22.4 Å². The summed E-state index contributed by atoms with van der Waals surface area (Å²) in [6.07, 6.45) is -1.68. The SMILES string of the molecule is NC(=O)c1cc(-c2cccnc2C(Cc2cc(F)cc(F)c2)NC(=O)Cn2nc(-c3ccccc3)cc2C(F)F)ccc1F. The summed E-state index contributed by atoms with van der Waals surface area (Å²) in [7, 11) is 0. The standard InChI is InChI=1S/C32H24F5N5O2/c33-21-11-18(12-22(34)15-21)13-27(30-23(7-4-10-39-30)20-8-9-25(35)24(14-20)32(38)44)40-29(43)17-42-28(31(36)37)16-26(41-42)19-5-2-1-3-6-19/h1-12,14-16,27,31H,13,17H2,(H2,38,44)(H,40,43). The van der Waals surface area contributed by atoms with Crippen molar-refractivity contribution in [1.29, 1.82) is 0 Å². The molecule has 0 fully saturated rings. The third kappa shape index (κ3) is 6.80. The van der Waals surface area contributed by atoms with Gasteiger partial charge in [0.1, 0.15) is 29.7 Å². The number of carbonyl (C=O) groups excluding carboxylic acids is 2. The van der Waals surface area contributed by atoms with Crippen LogP contribution >= 0.6 is 0 Å². The van der Waals surface area contributed by atoms with E-state index in [0.29, 0.717) is 22.8 Å². The first-order valence-corrected chi connectivity index (χ1v) is 13.3. The van der Waals surface area contributed by atoms with Crippen molar-refractivity contribution in [2.24, 2.45) is 5.73 Å². The molecule has 2 heterocycles. The fourth-order valence-corrected chi connectivity index (χ4v) is 4.86. The van der Waals surface area contributed by atoms with Gasteiger partial charge in [-0.05, 0) is 53.9 Å². The number of carbonyl (C=O) groups is 2. The minimum atomic E-state index is -2.93. The molecule has 12 heteroatoms. The Bertz CT molecular complexity index is 1810. The molecular formula is C32H24F5N5O2. The van der Waals surface area contributed by atoms with Crippen molar-refractivity contribution >= 4 is 11.8 Å². The fourth-order valence-electron chi connectivity index (χ4n) is 4.86. The number of hydrogen-bond acceptors (Lipinski definition) is 4. The first kappa shape index (κ1) is 30.1. The maximum atomic E-state index is 14.2. The Kier molecular flexibility index (Phi) is 8.79. The number of nitrogens with two attached hydrogens (primary N) is 1. The summed E-state index contributed by atoms with van der Waals surface area (Å²) < 4.78 is 71.1. The smallest absolute Gasteiger partial charge is 0.280 e. The summed E-state index contributed by atoms with van der Waals surface area (Å²) in [6.45, 7) is -0.606. The van der Waals surface area contributed by atoms with E-state index in [2.05, 4.69) is 15.4 Å². The first-order chi connectivity index (χ1) is 21.1. The first-order valence-electron chi connectivity index (χ1n) is 13.3. The van der Waals surface area contributed by atoms with Crippen LogP contribution in [-0.2, 0) is 17.8 Å². The molecule has 0 spiro atoms. The number of rotatable bonds is 10. The van der Waals surface area contributed by atoms with Crippen LogP contribution < -0.4 is 11.1 Å². The number of halogens is 5. The monoisotopic (exact) mass is 605 g/mol. The van der Waals surface area contributed by atoms with E-state index in [0.717, 1.165) is 22.9 Å². The van der Waals surface area contributed by atoms with E-state index >= 15 is 0 Å². The highest BCUT2D eigenvalue weighted by atomic mass is 19.3. The van der Waals surface area contributed by atoms with Gasteiger partial charge in [-0.3, -0.25) is 19.3 Å². The van der Waals surface area contributed by atoms with Gasteiger partial charge in [-0.25, -0.2) is 22.0 Å². The van der Waals surface area contributed by atoms with Gasteiger partial charge in [0, 0.05) is 23.4 Å². The molecule has 0 saturated carbocycles. The molecule has 3 N–H and O–H groups in total. The Morgan fingerprint density at radius 3 is 2.27 bits per heavy atom. The zero-order valence-corrected chi connectivity index (χ0v) is 22.9. The van der Waals surface area contributed by atoms with Crippen LogP contribution in [0.3, 0.4) is 0 Å². The average molecular weight is 606 g/mol. The highest BCUT2D eigenvalue weighted by Gasteiger charge is 2.25. The number of pyridine rings is 1. The summed E-state index contributed by atoms with van der Waals surface area (Å²) in [5, 5.41) is 6.94. The Morgan fingerprint density at radius 2 is 1.59 bits per heavy atom. The number of hydrogen-bond donors (Lipinski definition) is 2. The van der Waals surface area contributed by atoms with Gasteiger partial charge in [-0.15, -0.1) is 0 Å². The molecule has 0 aliphatic carbocycles. The predicted octanol–water partition coefficient (Wildman–Crippen LogP) is 6.17. The molecule has 0 saturated heterocycles. The number of alkyl halides is 2. The minimum Gasteiger partial charge on any atom is -0.366 e. The summed E-state index contributed by atoms with van der Waals surface area (Å²) in [5.41, 5.74) is 6.33. The van der Waals surface area contributed by atoms with E-state index in [1.807, 2.05) is 0 Å². The number of nitrogens with one attached hydrogen (secondary N) is 1. The molecule has 2 amide bonds. The van der Waals surface area contributed by atoms with E-state index in [-0.39, 0.29) is 28.9 Å². The highest BCUT2D eigenvalue weighted by Crippen LogP contribution is 2.31. The quantitative estimate of drug-likeness (QED) is 0.186. The van der Waals surface area contributed by atoms with Gasteiger partial charge >= 0.3 is 0 Å². The van der Waals surface area contributed by atoms with Gasteiger partial charge in [0.15, 0.2) is 0 Å². The second-order valence-corrected chi connectivity index (χ2v) is 9.88. The van der Waals surface area contributed by atoms with Crippen LogP contribution in [0.15, 0.2) is 91.1 Å². The summed E-state index contributed by atoms with van der Waals surface area (Å²) in [5.74, 6) is -4.27. The average Bonchev–Trinajstić information content (AvgIpc) is 3.41. The summed E-state index contributed by atoms with van der Waals surface area (Å²) in [6, 6.07) is 18.4. The van der Waals surface area contributed by atoms with E-state index in [1.165, 1.54) is 24.4 Å². The van der Waals surface area contributed by atoms with Gasteiger partial charge in [-0.2, -0.15) is 5.10 Å². The molecule has 0 bridgehead atoms. The topological polar surface area (TPSA) is 103 Å². The molecule has 7 nitrogen and oxygen atoms in total. The molecular weight excluding hydrogens is 581 g/mol. The number of benzene rings is 3. The van der Waals surface area contributed by atoms with Crippen LogP contribution in [0, 0.1) is 17.5 Å². The number of aromatic nitrogens is 3. The zero-order valence-electron chi connectivity index (χ0n) is 22.9. The molecule has 44 heavy (non-hydrogen) atoms. The normalized spacial score (nSPS) is 11.9. The molecule has 0 aliphatic heterocycles. The summed E-state index contributed by atoms with van der Waals surface area (Å²) in [4.78, 5) is 29.6. The molecule has 224 valence electrons. The molecule has 5 aromatic rings. The Labute approximate surface area is 248 Å². The third-order valence-corrected chi connectivity index (χ3v) is 6.81. The van der Waals surface area contributed by atoms with Crippen molar-refractivity contribution < 1.29 is 31.5 Å². The maximum absolute atomic E-state index is 14.2. The van der Waals surface area contributed by atoms with Gasteiger partial charge in [0.2, 0.25) is 5.91 Å². The maximum Gasteiger partial charge on any atom is 0.280 e. The number of amides is 2. The lowest BCUT2D eigenvalue weighted by Crippen LogP contribution is -2.34. The number of nitrogens with zero attached hydrogens (tertiary/aromatic N) is 3. The largest absolute Gasteiger partial charge is 0.366 e. The van der Waals surface area contributed by atoms with Crippen LogP contribution in [0.1, 0.15) is 39.8 Å². The van der Waals surface area contributed by atoms with Crippen LogP contribution in [0.5, 0.6) is 0 Å².